The van der Waals surface area contributed by atoms with E-state index >= 15 is 0 Å². The average molecular weight is 316 g/mol. The Morgan fingerprint density at radius 1 is 1.09 bits per heavy atom. The number of carbonyl (C=O) groups is 1. The Hall–Kier alpha value is -2.43. The number of nitrogens with one attached hydrogen (secondary N) is 1. The molecule has 0 saturated heterocycles. The fraction of sp³-hybridized carbons (Fsp3) is 0.389. The Kier molecular flexibility index (Phi) is 6.54. The monoisotopic (exact) mass is 316 g/mol. The topological polar surface area (TPSA) is 52.5 Å². The molecular formula is C18H24N2O3. The largest absolute Gasteiger partial charge is 0.490 e. The molecule has 2 rings (SSSR count). The molecule has 0 saturated carbocycles. The van der Waals surface area contributed by atoms with Crippen molar-refractivity contribution in [3.63, 3.8) is 0 Å². The van der Waals surface area contributed by atoms with Crippen molar-refractivity contribution in [1.82, 2.24) is 9.88 Å². The third-order valence-corrected chi connectivity index (χ3v) is 3.35. The predicted octanol–water partition coefficient (Wildman–Crippen LogP) is 3.11. The summed E-state index contributed by atoms with van der Waals surface area (Å²) < 4.78 is 13.1. The van der Waals surface area contributed by atoms with Gasteiger partial charge in [-0.25, -0.2) is 0 Å². The van der Waals surface area contributed by atoms with Gasteiger partial charge in [0.25, 0.3) is 5.91 Å². The molecule has 0 atom stereocenters. The molecule has 2 aromatic rings. The Labute approximate surface area is 137 Å². The number of aromatic nitrogens is 1. The van der Waals surface area contributed by atoms with E-state index < -0.39 is 0 Å². The number of rotatable bonds is 9. The fourth-order valence-electron chi connectivity index (χ4n) is 2.28. The van der Waals surface area contributed by atoms with Crippen LogP contribution in [-0.2, 0) is 6.54 Å². The average Bonchev–Trinajstić information content (AvgIpc) is 3.07. The quantitative estimate of drug-likeness (QED) is 0.723. The molecule has 0 fully saturated rings. The van der Waals surface area contributed by atoms with Gasteiger partial charge >= 0.3 is 0 Å². The minimum Gasteiger partial charge on any atom is -0.490 e. The predicted molar refractivity (Wildman–Crippen MR) is 90.2 cm³/mol. The third-order valence-electron chi connectivity index (χ3n) is 3.35. The number of hydrogen-bond acceptors (Lipinski definition) is 3. The normalized spacial score (nSPS) is 10.3. The Bertz CT molecular complexity index is 609. The Morgan fingerprint density at radius 2 is 1.78 bits per heavy atom. The van der Waals surface area contributed by atoms with Gasteiger partial charge in [-0.3, -0.25) is 4.79 Å². The van der Waals surface area contributed by atoms with Crippen LogP contribution in [0.15, 0.2) is 42.7 Å². The number of carbonyl (C=O) groups excluding carboxylic acids is 1. The van der Waals surface area contributed by atoms with E-state index in [0.29, 0.717) is 36.8 Å². The second kappa shape index (κ2) is 8.88. The van der Waals surface area contributed by atoms with Gasteiger partial charge in [-0.15, -0.1) is 0 Å². The van der Waals surface area contributed by atoms with Crippen molar-refractivity contribution in [2.75, 3.05) is 19.8 Å². The second-order valence-electron chi connectivity index (χ2n) is 5.06. The van der Waals surface area contributed by atoms with Crippen LogP contribution >= 0.6 is 0 Å². The van der Waals surface area contributed by atoms with Crippen LogP contribution in [-0.4, -0.2) is 30.2 Å². The van der Waals surface area contributed by atoms with Crippen molar-refractivity contribution in [3.05, 3.63) is 48.3 Å². The highest BCUT2D eigenvalue weighted by molar-refractivity contribution is 5.94. The van der Waals surface area contributed by atoms with E-state index in [1.54, 1.807) is 18.2 Å². The molecule has 0 bridgehead atoms. The van der Waals surface area contributed by atoms with Crippen LogP contribution in [0.4, 0.5) is 0 Å². The summed E-state index contributed by atoms with van der Waals surface area (Å²) >= 11 is 0. The van der Waals surface area contributed by atoms with Gasteiger partial charge in [0.15, 0.2) is 11.5 Å². The number of amides is 1. The second-order valence-corrected chi connectivity index (χ2v) is 5.06. The Morgan fingerprint density at radius 3 is 2.48 bits per heavy atom. The van der Waals surface area contributed by atoms with E-state index in [9.17, 15) is 4.79 Å². The Balaban J connectivity index is 1.89. The summed E-state index contributed by atoms with van der Waals surface area (Å²) in [7, 11) is 0. The summed E-state index contributed by atoms with van der Waals surface area (Å²) in [6.45, 7) is 6.44. The highest BCUT2D eigenvalue weighted by Crippen LogP contribution is 2.28. The van der Waals surface area contributed by atoms with Gasteiger partial charge in [-0.05, 0) is 50.6 Å². The van der Waals surface area contributed by atoms with Crippen molar-refractivity contribution >= 4 is 5.91 Å². The summed E-state index contributed by atoms with van der Waals surface area (Å²) in [6.07, 6.45) is 4.92. The zero-order chi connectivity index (χ0) is 16.5. The van der Waals surface area contributed by atoms with E-state index in [4.69, 9.17) is 9.47 Å². The lowest BCUT2D eigenvalue weighted by Gasteiger charge is -2.12. The van der Waals surface area contributed by atoms with Crippen LogP contribution < -0.4 is 14.8 Å². The molecule has 5 heteroatoms. The minimum atomic E-state index is -0.0958. The van der Waals surface area contributed by atoms with Gasteiger partial charge in [-0.1, -0.05) is 0 Å². The van der Waals surface area contributed by atoms with E-state index in [1.807, 2.05) is 38.4 Å². The maximum atomic E-state index is 12.2. The van der Waals surface area contributed by atoms with E-state index in [1.165, 1.54) is 0 Å². The van der Waals surface area contributed by atoms with Gasteiger partial charge in [0.1, 0.15) is 0 Å². The highest BCUT2D eigenvalue weighted by Gasteiger charge is 2.11. The number of benzene rings is 1. The first-order valence-corrected chi connectivity index (χ1v) is 8.03. The SMILES string of the molecule is CCOc1ccc(C(=O)NCCCn2cccc2)cc1OCC. The van der Waals surface area contributed by atoms with Crippen molar-refractivity contribution in [3.8, 4) is 11.5 Å². The molecule has 0 aliphatic rings. The molecule has 1 N–H and O–H groups in total. The van der Waals surface area contributed by atoms with Gasteiger partial charge in [0, 0.05) is 31.0 Å². The maximum absolute atomic E-state index is 12.2. The minimum absolute atomic E-state index is 0.0958. The lowest BCUT2D eigenvalue weighted by molar-refractivity contribution is 0.0952. The molecule has 124 valence electrons. The number of aryl methyl sites for hydroxylation is 1. The first kappa shape index (κ1) is 16.9. The van der Waals surface area contributed by atoms with Gasteiger partial charge in [0.2, 0.25) is 0 Å². The number of hydrogen-bond donors (Lipinski definition) is 1. The first-order valence-electron chi connectivity index (χ1n) is 8.03. The molecule has 0 spiro atoms. The van der Waals surface area contributed by atoms with Crippen molar-refractivity contribution in [2.24, 2.45) is 0 Å². The van der Waals surface area contributed by atoms with Crippen molar-refractivity contribution in [2.45, 2.75) is 26.8 Å². The zero-order valence-electron chi connectivity index (χ0n) is 13.7. The molecule has 0 aliphatic heterocycles. The summed E-state index contributed by atoms with van der Waals surface area (Å²) in [5.74, 6) is 1.18. The molecular weight excluding hydrogens is 292 g/mol. The molecule has 0 unspecified atom stereocenters. The third kappa shape index (κ3) is 5.06. The molecule has 1 aromatic carbocycles. The smallest absolute Gasteiger partial charge is 0.251 e. The molecule has 5 nitrogen and oxygen atoms in total. The van der Waals surface area contributed by atoms with Crippen LogP contribution in [0.2, 0.25) is 0 Å². The zero-order valence-corrected chi connectivity index (χ0v) is 13.7. The van der Waals surface area contributed by atoms with Crippen molar-refractivity contribution in [1.29, 1.82) is 0 Å². The molecule has 0 radical (unpaired) electrons. The summed E-state index contributed by atoms with van der Waals surface area (Å²) in [4.78, 5) is 12.2. The molecule has 1 aromatic heterocycles. The van der Waals surface area contributed by atoms with Crippen LogP contribution in [0, 0.1) is 0 Å². The molecule has 1 amide bonds. The molecule has 0 aliphatic carbocycles. The lowest BCUT2D eigenvalue weighted by Crippen LogP contribution is -2.25. The van der Waals surface area contributed by atoms with Crippen molar-refractivity contribution < 1.29 is 14.3 Å². The van der Waals surface area contributed by atoms with E-state index in [2.05, 4.69) is 9.88 Å². The molecule has 23 heavy (non-hydrogen) atoms. The fourth-order valence-corrected chi connectivity index (χ4v) is 2.28. The van der Waals surface area contributed by atoms with Crippen LogP contribution in [0.3, 0.4) is 0 Å². The summed E-state index contributed by atoms with van der Waals surface area (Å²) in [5, 5.41) is 2.93. The van der Waals surface area contributed by atoms with Crippen LogP contribution in [0.1, 0.15) is 30.6 Å². The van der Waals surface area contributed by atoms with Gasteiger partial charge in [0.05, 0.1) is 13.2 Å². The van der Waals surface area contributed by atoms with Gasteiger partial charge < -0.3 is 19.4 Å². The molecule has 1 heterocycles. The number of nitrogens with zero attached hydrogens (tertiary/aromatic N) is 1. The first-order chi connectivity index (χ1) is 11.2. The van der Waals surface area contributed by atoms with E-state index in [0.717, 1.165) is 13.0 Å². The summed E-state index contributed by atoms with van der Waals surface area (Å²) in [6, 6.07) is 9.26. The van der Waals surface area contributed by atoms with Gasteiger partial charge in [-0.2, -0.15) is 0 Å². The highest BCUT2D eigenvalue weighted by atomic mass is 16.5. The number of ether oxygens (including phenoxy) is 2. The van der Waals surface area contributed by atoms with E-state index in [-0.39, 0.29) is 5.91 Å². The maximum Gasteiger partial charge on any atom is 0.251 e. The van der Waals surface area contributed by atoms with Crippen LogP contribution in [0.25, 0.3) is 0 Å². The summed E-state index contributed by atoms with van der Waals surface area (Å²) in [5.41, 5.74) is 0.581. The van der Waals surface area contributed by atoms with Crippen LogP contribution in [0.5, 0.6) is 11.5 Å². The standard InChI is InChI=1S/C18H24N2O3/c1-3-22-16-9-8-15(14-17(16)23-4-2)18(21)19-10-7-13-20-11-5-6-12-20/h5-6,8-9,11-12,14H,3-4,7,10,13H2,1-2H3,(H,19,21). The lowest BCUT2D eigenvalue weighted by atomic mass is 10.2.